The second-order valence-corrected chi connectivity index (χ2v) is 8.26. The molecule has 1 atom stereocenters. The Morgan fingerprint density at radius 3 is 2.64 bits per heavy atom. The molecule has 3 rings (SSSR count). The SMILES string of the molecule is CCCN1CCC[C@H]1c1cccnc1N(C(=O)OC(C)(C)C)c1ccccc1. The van der Waals surface area contributed by atoms with Crippen LogP contribution in [-0.4, -0.2) is 34.7 Å². The highest BCUT2D eigenvalue weighted by Gasteiger charge is 2.33. The first kappa shape index (κ1) is 20.3. The number of carbonyl (C=O) groups is 1. The average Bonchev–Trinajstić information content (AvgIpc) is 3.10. The van der Waals surface area contributed by atoms with Crippen molar-refractivity contribution in [1.29, 1.82) is 0 Å². The minimum Gasteiger partial charge on any atom is -0.443 e. The lowest BCUT2D eigenvalue weighted by Crippen LogP contribution is -2.35. The summed E-state index contributed by atoms with van der Waals surface area (Å²) in [6.45, 7) is 9.99. The lowest BCUT2D eigenvalue weighted by atomic mass is 10.0. The monoisotopic (exact) mass is 381 g/mol. The van der Waals surface area contributed by atoms with E-state index in [0.29, 0.717) is 5.82 Å². The fourth-order valence-corrected chi connectivity index (χ4v) is 3.79. The lowest BCUT2D eigenvalue weighted by Gasteiger charge is -2.31. The highest BCUT2D eigenvalue weighted by Crippen LogP contribution is 2.38. The molecule has 150 valence electrons. The number of amides is 1. The van der Waals surface area contributed by atoms with E-state index in [1.807, 2.05) is 57.2 Å². The number of anilines is 2. The first-order valence-electron chi connectivity index (χ1n) is 10.2. The molecule has 1 aliphatic rings. The van der Waals surface area contributed by atoms with Crippen LogP contribution in [0.4, 0.5) is 16.3 Å². The summed E-state index contributed by atoms with van der Waals surface area (Å²) in [5.74, 6) is 0.663. The van der Waals surface area contributed by atoms with Gasteiger partial charge in [0.25, 0.3) is 0 Å². The van der Waals surface area contributed by atoms with E-state index in [-0.39, 0.29) is 6.04 Å². The molecule has 5 heteroatoms. The molecule has 1 saturated heterocycles. The van der Waals surface area contributed by atoms with E-state index in [0.717, 1.165) is 43.6 Å². The van der Waals surface area contributed by atoms with E-state index in [4.69, 9.17) is 4.74 Å². The second kappa shape index (κ2) is 8.74. The van der Waals surface area contributed by atoms with Gasteiger partial charge < -0.3 is 4.74 Å². The molecular weight excluding hydrogens is 350 g/mol. The summed E-state index contributed by atoms with van der Waals surface area (Å²) in [5.41, 5.74) is 1.26. The van der Waals surface area contributed by atoms with Crippen molar-refractivity contribution in [2.24, 2.45) is 0 Å². The third kappa shape index (κ3) is 4.71. The number of para-hydroxylation sites is 1. The van der Waals surface area contributed by atoms with Crippen molar-refractivity contribution in [3.63, 3.8) is 0 Å². The van der Waals surface area contributed by atoms with Crippen LogP contribution in [0.15, 0.2) is 48.7 Å². The zero-order valence-electron chi connectivity index (χ0n) is 17.4. The molecule has 5 nitrogen and oxygen atoms in total. The molecule has 1 fully saturated rings. The Balaban J connectivity index is 2.05. The van der Waals surface area contributed by atoms with E-state index in [1.54, 1.807) is 11.1 Å². The van der Waals surface area contributed by atoms with Gasteiger partial charge in [-0.25, -0.2) is 14.7 Å². The maximum absolute atomic E-state index is 13.2. The minimum atomic E-state index is -0.583. The summed E-state index contributed by atoms with van der Waals surface area (Å²) in [6, 6.07) is 14.0. The van der Waals surface area contributed by atoms with Crippen LogP contribution in [0.2, 0.25) is 0 Å². The topological polar surface area (TPSA) is 45.7 Å². The van der Waals surface area contributed by atoms with Gasteiger partial charge in [0.2, 0.25) is 0 Å². The number of nitrogens with zero attached hydrogens (tertiary/aromatic N) is 3. The smallest absolute Gasteiger partial charge is 0.420 e. The zero-order valence-corrected chi connectivity index (χ0v) is 17.4. The molecule has 0 radical (unpaired) electrons. The molecular formula is C23H31N3O2. The predicted molar refractivity (Wildman–Crippen MR) is 113 cm³/mol. The summed E-state index contributed by atoms with van der Waals surface area (Å²) in [6.07, 6.45) is 4.70. The maximum atomic E-state index is 13.2. The Hall–Kier alpha value is -2.40. The number of ether oxygens (including phenoxy) is 1. The first-order valence-corrected chi connectivity index (χ1v) is 10.2. The van der Waals surface area contributed by atoms with Gasteiger partial charge in [-0.1, -0.05) is 31.2 Å². The number of benzene rings is 1. The molecule has 28 heavy (non-hydrogen) atoms. The van der Waals surface area contributed by atoms with Gasteiger partial charge >= 0.3 is 6.09 Å². The van der Waals surface area contributed by atoms with Crippen LogP contribution in [0, 0.1) is 0 Å². The van der Waals surface area contributed by atoms with Crippen molar-refractivity contribution in [2.75, 3.05) is 18.0 Å². The van der Waals surface area contributed by atoms with Gasteiger partial charge in [-0.3, -0.25) is 4.90 Å². The summed E-state index contributed by atoms with van der Waals surface area (Å²) in [5, 5.41) is 0. The molecule has 0 aliphatic carbocycles. The van der Waals surface area contributed by atoms with Crippen LogP contribution in [0.3, 0.4) is 0 Å². The molecule has 2 heterocycles. The fourth-order valence-electron chi connectivity index (χ4n) is 3.79. The van der Waals surface area contributed by atoms with Crippen molar-refractivity contribution in [1.82, 2.24) is 9.88 Å². The molecule has 1 aromatic heterocycles. The molecule has 2 aromatic rings. The number of rotatable bonds is 5. The van der Waals surface area contributed by atoms with Crippen LogP contribution in [0.25, 0.3) is 0 Å². The Morgan fingerprint density at radius 1 is 1.21 bits per heavy atom. The minimum absolute atomic E-state index is 0.275. The second-order valence-electron chi connectivity index (χ2n) is 8.26. The van der Waals surface area contributed by atoms with Crippen LogP contribution in [0.1, 0.15) is 58.6 Å². The van der Waals surface area contributed by atoms with Crippen molar-refractivity contribution in [3.05, 3.63) is 54.2 Å². The Morgan fingerprint density at radius 2 is 1.96 bits per heavy atom. The van der Waals surface area contributed by atoms with Gasteiger partial charge in [-0.05, 0) is 71.3 Å². The lowest BCUT2D eigenvalue weighted by molar-refractivity contribution is 0.0597. The maximum Gasteiger partial charge on any atom is 0.420 e. The van der Waals surface area contributed by atoms with Crippen LogP contribution >= 0.6 is 0 Å². The molecule has 0 saturated carbocycles. The summed E-state index contributed by atoms with van der Waals surface area (Å²) >= 11 is 0. The quantitative estimate of drug-likeness (QED) is 0.666. The predicted octanol–water partition coefficient (Wildman–Crippen LogP) is 5.70. The van der Waals surface area contributed by atoms with Crippen molar-refractivity contribution >= 4 is 17.6 Å². The molecule has 1 amide bonds. The number of hydrogen-bond acceptors (Lipinski definition) is 4. The van der Waals surface area contributed by atoms with Crippen LogP contribution in [0.5, 0.6) is 0 Å². The first-order chi connectivity index (χ1) is 13.4. The highest BCUT2D eigenvalue weighted by atomic mass is 16.6. The number of aromatic nitrogens is 1. The molecule has 1 aromatic carbocycles. The Labute approximate surface area is 168 Å². The Kier molecular flexibility index (Phi) is 6.35. The number of carbonyl (C=O) groups excluding carboxylic acids is 1. The molecule has 1 aliphatic heterocycles. The van der Waals surface area contributed by atoms with Crippen molar-refractivity contribution in [3.8, 4) is 0 Å². The third-order valence-corrected chi connectivity index (χ3v) is 4.85. The summed E-state index contributed by atoms with van der Waals surface area (Å²) < 4.78 is 5.73. The Bertz CT molecular complexity index is 786. The van der Waals surface area contributed by atoms with Crippen molar-refractivity contribution in [2.45, 2.75) is 58.6 Å². The van der Waals surface area contributed by atoms with E-state index in [1.165, 1.54) is 0 Å². The van der Waals surface area contributed by atoms with Gasteiger partial charge in [0.05, 0.1) is 5.69 Å². The largest absolute Gasteiger partial charge is 0.443 e. The molecule has 0 unspecified atom stereocenters. The van der Waals surface area contributed by atoms with Gasteiger partial charge in [0.15, 0.2) is 0 Å². The van der Waals surface area contributed by atoms with Gasteiger partial charge in [-0.15, -0.1) is 0 Å². The number of likely N-dealkylation sites (tertiary alicyclic amines) is 1. The van der Waals surface area contributed by atoms with E-state index in [2.05, 4.69) is 22.9 Å². The van der Waals surface area contributed by atoms with Gasteiger partial charge in [-0.2, -0.15) is 0 Å². The number of pyridine rings is 1. The molecule has 0 N–H and O–H groups in total. The van der Waals surface area contributed by atoms with E-state index < -0.39 is 11.7 Å². The van der Waals surface area contributed by atoms with Gasteiger partial charge in [0, 0.05) is 17.8 Å². The summed E-state index contributed by atoms with van der Waals surface area (Å²) in [4.78, 5) is 21.9. The zero-order chi connectivity index (χ0) is 20.1. The molecule has 0 bridgehead atoms. The average molecular weight is 382 g/mol. The van der Waals surface area contributed by atoms with Crippen LogP contribution in [-0.2, 0) is 4.74 Å². The fraction of sp³-hybridized carbons (Fsp3) is 0.478. The molecule has 0 spiro atoms. The van der Waals surface area contributed by atoms with E-state index in [9.17, 15) is 4.79 Å². The third-order valence-electron chi connectivity index (χ3n) is 4.85. The standard InChI is InChI=1S/C23H31N3O2/c1-5-16-25-17-10-14-20(25)19-13-9-15-24-21(19)26(18-11-7-6-8-12-18)22(27)28-23(2,3)4/h6-9,11-13,15,20H,5,10,14,16-17H2,1-4H3/t20-/m0/s1. The van der Waals surface area contributed by atoms with Crippen LogP contribution < -0.4 is 4.90 Å². The summed E-state index contributed by atoms with van der Waals surface area (Å²) in [7, 11) is 0. The van der Waals surface area contributed by atoms with E-state index >= 15 is 0 Å². The van der Waals surface area contributed by atoms with Gasteiger partial charge in [0.1, 0.15) is 11.4 Å². The normalized spacial score (nSPS) is 17.5. The van der Waals surface area contributed by atoms with Crippen molar-refractivity contribution < 1.29 is 9.53 Å². The highest BCUT2D eigenvalue weighted by molar-refractivity contribution is 5.96. The number of hydrogen-bond donors (Lipinski definition) is 0.